The predicted octanol–water partition coefficient (Wildman–Crippen LogP) is 2.43. The molecule has 2 N–H and O–H groups in total. The Morgan fingerprint density at radius 2 is 2.10 bits per heavy atom. The third kappa shape index (κ3) is 4.35. The second kappa shape index (κ2) is 7.45. The lowest BCUT2D eigenvalue weighted by Gasteiger charge is -2.14. The van der Waals surface area contributed by atoms with Crippen LogP contribution in [-0.2, 0) is 4.79 Å². The van der Waals surface area contributed by atoms with Crippen LogP contribution in [0.5, 0.6) is 0 Å². The summed E-state index contributed by atoms with van der Waals surface area (Å²) < 4.78 is 13.5. The number of hydrogen-bond acceptors (Lipinski definition) is 3. The number of amides is 1. The molecule has 0 radical (unpaired) electrons. The van der Waals surface area contributed by atoms with Gasteiger partial charge in [0.15, 0.2) is 0 Å². The van der Waals surface area contributed by atoms with Gasteiger partial charge in [0.25, 0.3) is 0 Å². The van der Waals surface area contributed by atoms with Gasteiger partial charge < -0.3 is 10.4 Å². The molecule has 1 aromatic carbocycles. The van der Waals surface area contributed by atoms with Crippen molar-refractivity contribution in [3.05, 3.63) is 47.3 Å². The lowest BCUT2D eigenvalue weighted by atomic mass is 10.1. The fourth-order valence-electron chi connectivity index (χ4n) is 2.07. The number of carbonyl (C=O) groups excluding carboxylic acids is 1. The standard InChI is InChI=1S/C15H18FNO2S/c16-13-4-2-1-3-12(13)14(18)10-17-15(19)9-11-5-7-20-8-6-11/h1-4,9,14,18H,5-8,10H2,(H,17,19). The highest BCUT2D eigenvalue weighted by atomic mass is 32.2. The number of hydrogen-bond donors (Lipinski definition) is 2. The lowest BCUT2D eigenvalue weighted by Crippen LogP contribution is -2.27. The summed E-state index contributed by atoms with van der Waals surface area (Å²) in [5.74, 6) is 1.42. The highest BCUT2D eigenvalue weighted by Crippen LogP contribution is 2.21. The van der Waals surface area contributed by atoms with Crippen LogP contribution in [0.3, 0.4) is 0 Å². The van der Waals surface area contributed by atoms with Gasteiger partial charge in [-0.25, -0.2) is 4.39 Å². The molecule has 0 bridgehead atoms. The van der Waals surface area contributed by atoms with Gasteiger partial charge in [-0.1, -0.05) is 23.8 Å². The minimum Gasteiger partial charge on any atom is -0.386 e. The normalized spacial score (nSPS) is 16.6. The molecule has 1 atom stereocenters. The zero-order valence-corrected chi connectivity index (χ0v) is 12.0. The average Bonchev–Trinajstić information content (AvgIpc) is 2.46. The summed E-state index contributed by atoms with van der Waals surface area (Å²) in [6.45, 7) is 0.0122. The Morgan fingerprint density at radius 3 is 2.80 bits per heavy atom. The number of benzene rings is 1. The first-order valence-electron chi connectivity index (χ1n) is 6.64. The van der Waals surface area contributed by atoms with E-state index in [2.05, 4.69) is 5.32 Å². The molecule has 1 fully saturated rings. The van der Waals surface area contributed by atoms with Crippen LogP contribution in [0.2, 0.25) is 0 Å². The van der Waals surface area contributed by atoms with E-state index in [4.69, 9.17) is 0 Å². The molecule has 0 spiro atoms. The maximum Gasteiger partial charge on any atom is 0.244 e. The number of carbonyl (C=O) groups is 1. The van der Waals surface area contributed by atoms with Gasteiger partial charge in [0.1, 0.15) is 5.82 Å². The van der Waals surface area contributed by atoms with Crippen LogP contribution in [0.4, 0.5) is 4.39 Å². The Hall–Kier alpha value is -1.33. The first-order chi connectivity index (χ1) is 9.66. The van der Waals surface area contributed by atoms with Gasteiger partial charge in [-0.3, -0.25) is 4.79 Å². The molecule has 1 heterocycles. The maximum atomic E-state index is 13.5. The van der Waals surface area contributed by atoms with Crippen molar-refractivity contribution >= 4 is 17.7 Å². The molecule has 0 saturated carbocycles. The molecule has 108 valence electrons. The summed E-state index contributed by atoms with van der Waals surface area (Å²) in [6.07, 6.45) is 2.45. The number of rotatable bonds is 4. The fraction of sp³-hybridized carbons (Fsp3) is 0.400. The van der Waals surface area contributed by atoms with Crippen molar-refractivity contribution in [2.75, 3.05) is 18.1 Å². The quantitative estimate of drug-likeness (QED) is 0.839. The first kappa shape index (κ1) is 15.1. The monoisotopic (exact) mass is 295 g/mol. The van der Waals surface area contributed by atoms with E-state index >= 15 is 0 Å². The van der Waals surface area contributed by atoms with Gasteiger partial charge in [-0.2, -0.15) is 11.8 Å². The van der Waals surface area contributed by atoms with Crippen LogP contribution in [0.25, 0.3) is 0 Å². The van der Waals surface area contributed by atoms with Crippen LogP contribution >= 0.6 is 11.8 Å². The van der Waals surface area contributed by atoms with E-state index < -0.39 is 11.9 Å². The maximum absolute atomic E-state index is 13.5. The van der Waals surface area contributed by atoms with E-state index in [0.717, 1.165) is 29.9 Å². The predicted molar refractivity (Wildman–Crippen MR) is 79.0 cm³/mol. The molecule has 0 aliphatic carbocycles. The summed E-state index contributed by atoms with van der Waals surface area (Å²) in [7, 11) is 0. The van der Waals surface area contributed by atoms with E-state index in [1.807, 2.05) is 11.8 Å². The minimum absolute atomic E-state index is 0.0122. The van der Waals surface area contributed by atoms with Gasteiger partial charge in [0.2, 0.25) is 5.91 Å². The van der Waals surface area contributed by atoms with Gasteiger partial charge in [-0.05, 0) is 30.4 Å². The number of halogens is 1. The molecule has 1 saturated heterocycles. The third-order valence-corrected chi connectivity index (χ3v) is 4.19. The number of aliphatic hydroxyl groups excluding tert-OH is 1. The Bertz CT molecular complexity index is 496. The van der Waals surface area contributed by atoms with E-state index in [1.165, 1.54) is 12.1 Å². The van der Waals surface area contributed by atoms with E-state index in [1.54, 1.807) is 18.2 Å². The summed E-state index contributed by atoms with van der Waals surface area (Å²) in [4.78, 5) is 11.7. The zero-order chi connectivity index (χ0) is 14.4. The molecular weight excluding hydrogens is 277 g/mol. The molecule has 1 aliphatic heterocycles. The Labute approximate surface area is 122 Å². The number of thioether (sulfide) groups is 1. The van der Waals surface area contributed by atoms with Crippen molar-refractivity contribution in [3.63, 3.8) is 0 Å². The lowest BCUT2D eigenvalue weighted by molar-refractivity contribution is -0.117. The molecule has 5 heteroatoms. The molecular formula is C15H18FNO2S. The largest absolute Gasteiger partial charge is 0.386 e. The fourth-order valence-corrected chi connectivity index (χ4v) is 3.08. The Balaban J connectivity index is 1.85. The van der Waals surface area contributed by atoms with Crippen LogP contribution in [-0.4, -0.2) is 29.1 Å². The van der Waals surface area contributed by atoms with Crippen molar-refractivity contribution < 1.29 is 14.3 Å². The topological polar surface area (TPSA) is 49.3 Å². The average molecular weight is 295 g/mol. The van der Waals surface area contributed by atoms with Gasteiger partial charge in [0.05, 0.1) is 6.10 Å². The van der Waals surface area contributed by atoms with Crippen LogP contribution < -0.4 is 5.32 Å². The van der Waals surface area contributed by atoms with E-state index in [-0.39, 0.29) is 18.0 Å². The van der Waals surface area contributed by atoms with E-state index in [0.29, 0.717) is 0 Å². The molecule has 20 heavy (non-hydrogen) atoms. The SMILES string of the molecule is O=C(C=C1CCSCC1)NCC(O)c1ccccc1F. The molecule has 0 aromatic heterocycles. The molecule has 1 unspecified atom stereocenters. The van der Waals surface area contributed by atoms with Gasteiger partial charge in [-0.15, -0.1) is 0 Å². The molecule has 1 amide bonds. The number of aliphatic hydroxyl groups is 1. The zero-order valence-electron chi connectivity index (χ0n) is 11.1. The number of allylic oxidation sites excluding steroid dienone is 1. The van der Waals surface area contributed by atoms with Crippen molar-refractivity contribution in [2.45, 2.75) is 18.9 Å². The van der Waals surface area contributed by atoms with E-state index in [9.17, 15) is 14.3 Å². The minimum atomic E-state index is -1.03. The third-order valence-electron chi connectivity index (χ3n) is 3.20. The second-order valence-electron chi connectivity index (χ2n) is 4.70. The van der Waals surface area contributed by atoms with Crippen LogP contribution in [0, 0.1) is 5.82 Å². The molecule has 1 aliphatic rings. The Kier molecular flexibility index (Phi) is 5.61. The summed E-state index contributed by atoms with van der Waals surface area (Å²) in [6, 6.07) is 6.03. The smallest absolute Gasteiger partial charge is 0.244 e. The Morgan fingerprint density at radius 1 is 1.40 bits per heavy atom. The second-order valence-corrected chi connectivity index (χ2v) is 5.92. The van der Waals surface area contributed by atoms with Crippen molar-refractivity contribution in [2.24, 2.45) is 0 Å². The van der Waals surface area contributed by atoms with Crippen molar-refractivity contribution in [1.82, 2.24) is 5.32 Å². The molecule has 2 rings (SSSR count). The number of nitrogens with one attached hydrogen (secondary N) is 1. The highest BCUT2D eigenvalue weighted by Gasteiger charge is 2.13. The summed E-state index contributed by atoms with van der Waals surface area (Å²) >= 11 is 1.89. The molecule has 1 aromatic rings. The van der Waals surface area contributed by atoms with Gasteiger partial charge >= 0.3 is 0 Å². The van der Waals surface area contributed by atoms with Crippen LogP contribution in [0.1, 0.15) is 24.5 Å². The van der Waals surface area contributed by atoms with Gasteiger partial charge in [0, 0.05) is 18.2 Å². The highest BCUT2D eigenvalue weighted by molar-refractivity contribution is 7.99. The van der Waals surface area contributed by atoms with Crippen LogP contribution in [0.15, 0.2) is 35.9 Å². The summed E-state index contributed by atoms with van der Waals surface area (Å²) in [5, 5.41) is 12.5. The first-order valence-corrected chi connectivity index (χ1v) is 7.80. The van der Waals surface area contributed by atoms with Crippen molar-refractivity contribution in [1.29, 1.82) is 0 Å². The van der Waals surface area contributed by atoms with Crippen molar-refractivity contribution in [3.8, 4) is 0 Å². The molecule has 3 nitrogen and oxygen atoms in total. The summed E-state index contributed by atoms with van der Waals surface area (Å²) in [5.41, 5.74) is 1.34.